The Hall–Kier alpha value is -0.580. The number of aromatic amines is 1. The normalized spacial score (nSPS) is 12.0. The van der Waals surface area contributed by atoms with Crippen molar-refractivity contribution in [1.29, 1.82) is 0 Å². The minimum absolute atomic E-state index is 0.545. The van der Waals surface area contributed by atoms with E-state index in [1.165, 1.54) is 0 Å². The van der Waals surface area contributed by atoms with Gasteiger partial charge in [-0.25, -0.2) is 0 Å². The molecule has 1 heterocycles. The fraction of sp³-hybridized carbons (Fsp3) is 0.125. The van der Waals surface area contributed by atoms with Gasteiger partial charge in [-0.15, -0.1) is 0 Å². The van der Waals surface area contributed by atoms with Crippen LogP contribution in [0.15, 0.2) is 18.2 Å². The second kappa shape index (κ2) is 2.48. The molecule has 0 saturated heterocycles. The smallest absolute Gasteiger partial charge is 0.130 e. The van der Waals surface area contributed by atoms with Crippen molar-refractivity contribution in [3.8, 4) is 0 Å². The van der Waals surface area contributed by atoms with Crippen LogP contribution in [0.5, 0.6) is 0 Å². The highest BCUT2D eigenvalue weighted by molar-refractivity contribution is 14.1. The Morgan fingerprint density at radius 3 is 3.36 bits per heavy atom. The van der Waals surface area contributed by atoms with Crippen molar-refractivity contribution in [3.05, 3.63) is 27.4 Å². The monoisotopic (exact) mass is 259 g/mol. The van der Waals surface area contributed by atoms with E-state index in [1.54, 1.807) is 0 Å². The third kappa shape index (κ3) is 1.13. The van der Waals surface area contributed by atoms with E-state index in [0.29, 0.717) is 6.04 Å². The number of aromatic nitrogens is 2. The van der Waals surface area contributed by atoms with E-state index in [1.807, 2.05) is 19.1 Å². The molecule has 1 aromatic heterocycles. The Balaban J connectivity index is 2.93. The first-order chi connectivity index (χ1) is 5.68. The molecule has 0 radical (unpaired) electrons. The minimum atomic E-state index is 0.545. The van der Waals surface area contributed by atoms with Gasteiger partial charge in [0.25, 0.3) is 0 Å². The van der Waals surface area contributed by atoms with Crippen LogP contribution in [0.4, 0.5) is 0 Å². The van der Waals surface area contributed by atoms with Crippen molar-refractivity contribution < 1.29 is 1.37 Å². The molecule has 2 rings (SSSR count). The number of halogens is 1. The lowest BCUT2D eigenvalue weighted by molar-refractivity contribution is 1.09. The summed E-state index contributed by atoms with van der Waals surface area (Å²) in [6, 6.07) is 4.39. The molecule has 1 aromatic carbocycles. The van der Waals surface area contributed by atoms with Gasteiger partial charge in [0.2, 0.25) is 0 Å². The van der Waals surface area contributed by atoms with Gasteiger partial charge in [-0.2, -0.15) is 5.10 Å². The third-order valence-electron chi connectivity index (χ3n) is 1.57. The number of hydrogen-bond acceptors (Lipinski definition) is 1. The first-order valence-corrected chi connectivity index (χ1v) is 4.37. The van der Waals surface area contributed by atoms with E-state index in [9.17, 15) is 0 Å². The van der Waals surface area contributed by atoms with Crippen molar-refractivity contribution in [2.45, 2.75) is 6.92 Å². The second-order valence-corrected chi connectivity index (χ2v) is 3.50. The topological polar surface area (TPSA) is 28.7 Å². The third-order valence-corrected chi connectivity index (χ3v) is 2.35. The van der Waals surface area contributed by atoms with Crippen molar-refractivity contribution in [1.82, 2.24) is 10.2 Å². The number of nitrogens with zero attached hydrogens (tertiary/aromatic N) is 1. The summed E-state index contributed by atoms with van der Waals surface area (Å²) in [6.07, 6.45) is 0. The van der Waals surface area contributed by atoms with Crippen molar-refractivity contribution in [2.75, 3.05) is 0 Å². The Morgan fingerprint density at radius 1 is 1.73 bits per heavy atom. The summed E-state index contributed by atoms with van der Waals surface area (Å²) >= 11 is 2.13. The summed E-state index contributed by atoms with van der Waals surface area (Å²) in [5, 5.41) is 7.85. The molecule has 2 nitrogen and oxygen atoms in total. The maximum absolute atomic E-state index is 7.70. The molecule has 3 heteroatoms. The standard InChI is InChI=1S/C8H7IN2/c1-5-2-3-6-7(4-5)10-11-8(6)9/h2-4H,1H3,(H,10,11)/i3D. The van der Waals surface area contributed by atoms with Crippen molar-refractivity contribution in [3.63, 3.8) is 0 Å². The van der Waals surface area contributed by atoms with Gasteiger partial charge in [-0.1, -0.05) is 6.07 Å². The Labute approximate surface area is 79.5 Å². The quantitative estimate of drug-likeness (QED) is 0.723. The molecule has 0 unspecified atom stereocenters. The number of rotatable bonds is 0. The maximum Gasteiger partial charge on any atom is 0.130 e. The van der Waals surface area contributed by atoms with Crippen LogP contribution in [-0.2, 0) is 0 Å². The zero-order valence-electron chi connectivity index (χ0n) is 6.98. The number of fused-ring (bicyclic) bond motifs is 1. The van der Waals surface area contributed by atoms with Gasteiger partial charge in [0, 0.05) is 5.39 Å². The number of nitrogens with one attached hydrogen (secondary N) is 1. The lowest BCUT2D eigenvalue weighted by Gasteiger charge is -1.90. The van der Waals surface area contributed by atoms with Gasteiger partial charge in [-0.3, -0.25) is 5.10 Å². The van der Waals surface area contributed by atoms with E-state index in [-0.39, 0.29) is 0 Å². The van der Waals surface area contributed by atoms with Crippen LogP contribution in [0, 0.1) is 10.6 Å². The molecule has 0 fully saturated rings. The molecule has 0 spiro atoms. The van der Waals surface area contributed by atoms with E-state index in [4.69, 9.17) is 1.37 Å². The lowest BCUT2D eigenvalue weighted by Crippen LogP contribution is -1.71. The van der Waals surface area contributed by atoms with Crippen molar-refractivity contribution in [2.24, 2.45) is 0 Å². The summed E-state index contributed by atoms with van der Waals surface area (Å²) < 4.78 is 8.57. The molecule has 1 N–H and O–H groups in total. The van der Waals surface area contributed by atoms with Gasteiger partial charge >= 0.3 is 0 Å². The second-order valence-electron chi connectivity index (χ2n) is 2.48. The summed E-state index contributed by atoms with van der Waals surface area (Å²) in [4.78, 5) is 0. The molecular weight excluding hydrogens is 251 g/mol. The van der Waals surface area contributed by atoms with Gasteiger partial charge in [0.15, 0.2) is 0 Å². The molecule has 0 atom stereocenters. The molecule has 11 heavy (non-hydrogen) atoms. The molecule has 0 aliphatic rings. The molecular formula is C8H7IN2. The van der Waals surface area contributed by atoms with Crippen LogP contribution in [0.3, 0.4) is 0 Å². The Bertz CT molecular complexity index is 436. The average molecular weight is 259 g/mol. The predicted molar refractivity (Wildman–Crippen MR) is 53.5 cm³/mol. The zero-order chi connectivity index (χ0) is 8.72. The van der Waals surface area contributed by atoms with Gasteiger partial charge in [-0.05, 0) is 47.2 Å². The minimum Gasteiger partial charge on any atom is -0.277 e. The zero-order valence-corrected chi connectivity index (χ0v) is 8.14. The van der Waals surface area contributed by atoms with E-state index >= 15 is 0 Å². The van der Waals surface area contributed by atoms with Crippen LogP contribution in [0.25, 0.3) is 10.9 Å². The number of hydrogen-bond donors (Lipinski definition) is 1. The van der Waals surface area contributed by atoms with E-state index < -0.39 is 0 Å². The van der Waals surface area contributed by atoms with Gasteiger partial charge in [0.1, 0.15) is 3.70 Å². The summed E-state index contributed by atoms with van der Waals surface area (Å²) in [7, 11) is 0. The van der Waals surface area contributed by atoms with E-state index in [2.05, 4.69) is 32.8 Å². The number of aryl methyl sites for hydroxylation is 1. The van der Waals surface area contributed by atoms with Crippen LogP contribution < -0.4 is 0 Å². The van der Waals surface area contributed by atoms with Crippen LogP contribution in [-0.4, -0.2) is 10.2 Å². The van der Waals surface area contributed by atoms with Crippen LogP contribution in [0.2, 0.25) is 0 Å². The molecule has 0 saturated carbocycles. The molecule has 0 aliphatic heterocycles. The molecule has 0 bridgehead atoms. The Morgan fingerprint density at radius 2 is 2.55 bits per heavy atom. The average Bonchev–Trinajstić information content (AvgIpc) is 2.31. The van der Waals surface area contributed by atoms with Gasteiger partial charge in [0.05, 0.1) is 6.89 Å². The first kappa shape index (κ1) is 5.99. The van der Waals surface area contributed by atoms with Crippen LogP contribution >= 0.6 is 22.6 Å². The molecule has 2 aromatic rings. The highest BCUT2D eigenvalue weighted by Gasteiger charge is 2.00. The highest BCUT2D eigenvalue weighted by atomic mass is 127. The first-order valence-electron chi connectivity index (χ1n) is 3.79. The lowest BCUT2D eigenvalue weighted by atomic mass is 10.2. The number of H-pyrrole nitrogens is 1. The predicted octanol–water partition coefficient (Wildman–Crippen LogP) is 2.48. The SMILES string of the molecule is [2H]c1cc(C)cc2[nH]nc(I)c12. The molecule has 0 amide bonds. The van der Waals surface area contributed by atoms with Crippen molar-refractivity contribution >= 4 is 33.5 Å². The van der Waals surface area contributed by atoms with E-state index in [0.717, 1.165) is 20.2 Å². The fourth-order valence-electron chi connectivity index (χ4n) is 1.03. The summed E-state index contributed by atoms with van der Waals surface area (Å²) in [5.74, 6) is 0. The van der Waals surface area contributed by atoms with Crippen LogP contribution in [0.1, 0.15) is 6.93 Å². The number of benzene rings is 1. The maximum atomic E-state index is 7.70. The fourth-order valence-corrected chi connectivity index (χ4v) is 1.60. The highest BCUT2D eigenvalue weighted by Crippen LogP contribution is 2.17. The summed E-state index contributed by atoms with van der Waals surface area (Å²) in [6.45, 7) is 1.98. The molecule has 0 aliphatic carbocycles. The largest absolute Gasteiger partial charge is 0.277 e. The molecule has 56 valence electrons. The van der Waals surface area contributed by atoms with Gasteiger partial charge < -0.3 is 0 Å². The Kier molecular flexibility index (Phi) is 1.35. The summed E-state index contributed by atoms with van der Waals surface area (Å²) in [5.41, 5.74) is 2.04.